The van der Waals surface area contributed by atoms with Crippen LogP contribution in [0.3, 0.4) is 0 Å². The highest BCUT2D eigenvalue weighted by Gasteiger charge is 2.15. The van der Waals surface area contributed by atoms with Crippen LogP contribution in [0.4, 0.5) is 0 Å². The topological polar surface area (TPSA) is 100 Å². The first-order chi connectivity index (χ1) is 14.7. The van der Waals surface area contributed by atoms with E-state index in [2.05, 4.69) is 25.3 Å². The number of aromatic amines is 1. The van der Waals surface area contributed by atoms with Crippen LogP contribution in [0.2, 0.25) is 0 Å². The fourth-order valence-electron chi connectivity index (χ4n) is 3.41. The number of nitrogens with one attached hydrogen (secondary N) is 2. The van der Waals surface area contributed by atoms with E-state index in [9.17, 15) is 9.59 Å². The van der Waals surface area contributed by atoms with Crippen molar-refractivity contribution < 1.29 is 9.59 Å². The molecule has 1 amide bonds. The number of amidine groups is 1. The van der Waals surface area contributed by atoms with Gasteiger partial charge in [-0.15, -0.1) is 0 Å². The first-order valence-corrected chi connectivity index (χ1v) is 9.55. The molecular weight excluding hydrogens is 378 g/mol. The number of ketones is 1. The highest BCUT2D eigenvalue weighted by atomic mass is 16.1. The Morgan fingerprint density at radius 2 is 1.93 bits per heavy atom. The number of carbonyl (C=O) groups excluding carboxylic acids is 2. The van der Waals surface area contributed by atoms with Crippen molar-refractivity contribution in [2.75, 3.05) is 0 Å². The van der Waals surface area contributed by atoms with Gasteiger partial charge in [0.2, 0.25) is 0 Å². The van der Waals surface area contributed by atoms with E-state index in [0.29, 0.717) is 40.4 Å². The van der Waals surface area contributed by atoms with Gasteiger partial charge < -0.3 is 10.3 Å². The average Bonchev–Trinajstić information content (AvgIpc) is 3.41. The van der Waals surface area contributed by atoms with Crippen molar-refractivity contribution in [1.29, 1.82) is 0 Å². The van der Waals surface area contributed by atoms with Gasteiger partial charge in [-0.1, -0.05) is 30.3 Å². The fourth-order valence-corrected chi connectivity index (χ4v) is 3.41. The Kier molecular flexibility index (Phi) is 4.40. The van der Waals surface area contributed by atoms with Crippen LogP contribution in [-0.4, -0.2) is 32.5 Å². The van der Waals surface area contributed by atoms with Crippen molar-refractivity contribution >= 4 is 39.3 Å². The van der Waals surface area contributed by atoms with E-state index in [1.54, 1.807) is 36.7 Å². The first-order valence-electron chi connectivity index (χ1n) is 9.55. The number of pyridine rings is 1. The molecule has 0 bridgehead atoms. The predicted molar refractivity (Wildman–Crippen MR) is 115 cm³/mol. The Bertz CT molecular complexity index is 1370. The predicted octanol–water partition coefficient (Wildman–Crippen LogP) is 3.58. The highest BCUT2D eigenvalue weighted by molar-refractivity contribution is 6.08. The number of hydrogen-bond acceptors (Lipinski definition) is 5. The summed E-state index contributed by atoms with van der Waals surface area (Å²) in [5.41, 5.74) is 2.29. The molecular formula is C23H17N5O2. The lowest BCUT2D eigenvalue weighted by molar-refractivity contribution is 0.0972. The Morgan fingerprint density at radius 1 is 1.07 bits per heavy atom. The quantitative estimate of drug-likeness (QED) is 0.516. The lowest BCUT2D eigenvalue weighted by atomic mass is 10.1. The molecule has 0 spiro atoms. The summed E-state index contributed by atoms with van der Waals surface area (Å²) in [5, 5.41) is 4.75. The number of rotatable bonds is 4. The summed E-state index contributed by atoms with van der Waals surface area (Å²) in [6, 6.07) is 14.8. The van der Waals surface area contributed by atoms with Gasteiger partial charge in [0.15, 0.2) is 5.78 Å². The zero-order chi connectivity index (χ0) is 20.5. The summed E-state index contributed by atoms with van der Waals surface area (Å²) in [6.45, 7) is 0. The summed E-state index contributed by atoms with van der Waals surface area (Å²) < 4.78 is 0. The second-order valence-corrected chi connectivity index (χ2v) is 7.05. The minimum atomic E-state index is -0.230. The molecule has 7 heteroatoms. The van der Waals surface area contributed by atoms with Crippen LogP contribution >= 0.6 is 0 Å². The molecule has 2 aromatic carbocycles. The van der Waals surface area contributed by atoms with E-state index in [4.69, 9.17) is 0 Å². The second kappa shape index (κ2) is 7.36. The van der Waals surface area contributed by atoms with Gasteiger partial charge in [-0.3, -0.25) is 14.6 Å². The molecule has 0 atom stereocenters. The molecule has 0 unspecified atom stereocenters. The third-order valence-electron chi connectivity index (χ3n) is 4.94. The highest BCUT2D eigenvalue weighted by Crippen LogP contribution is 2.17. The molecule has 2 N–H and O–H groups in total. The van der Waals surface area contributed by atoms with Gasteiger partial charge in [0.1, 0.15) is 17.4 Å². The molecule has 1 aliphatic rings. The van der Waals surface area contributed by atoms with Gasteiger partial charge in [-0.05, 0) is 29.7 Å². The normalized spacial score (nSPS) is 13.0. The third kappa shape index (κ3) is 3.48. The van der Waals surface area contributed by atoms with Gasteiger partial charge in [0.25, 0.3) is 5.91 Å². The molecule has 30 heavy (non-hydrogen) atoms. The van der Waals surface area contributed by atoms with Crippen LogP contribution in [0.5, 0.6) is 0 Å². The Morgan fingerprint density at radius 3 is 2.77 bits per heavy atom. The van der Waals surface area contributed by atoms with Gasteiger partial charge in [0, 0.05) is 29.8 Å². The van der Waals surface area contributed by atoms with Crippen molar-refractivity contribution in [3.63, 3.8) is 0 Å². The first kappa shape index (κ1) is 17.9. The number of imidazole rings is 1. The number of aliphatic imine (C=N–C) groups is 1. The third-order valence-corrected chi connectivity index (χ3v) is 4.94. The van der Waals surface area contributed by atoms with E-state index >= 15 is 0 Å². The number of nitrogens with zero attached hydrogens (tertiary/aromatic N) is 3. The lowest BCUT2D eigenvalue weighted by Crippen LogP contribution is -2.29. The maximum absolute atomic E-state index is 12.7. The van der Waals surface area contributed by atoms with Gasteiger partial charge >= 0.3 is 0 Å². The van der Waals surface area contributed by atoms with Crippen LogP contribution < -0.4 is 5.32 Å². The van der Waals surface area contributed by atoms with Gasteiger partial charge in [-0.2, -0.15) is 0 Å². The molecule has 1 aliphatic heterocycles. The van der Waals surface area contributed by atoms with Gasteiger partial charge in [-0.25, -0.2) is 9.98 Å². The lowest BCUT2D eigenvalue weighted by Gasteiger charge is -2.04. The standard InChI is InChI=1S/C23H17N5O2/c29-20(19-10-14-4-1-2-5-16(14)13-25-19)12-22-26-17-8-7-15(11-18(17)27-22)23(30)28-21-6-3-9-24-21/h1-5,7-11,13H,6,12H2,(H,26,27)(H,24,28,30). The maximum Gasteiger partial charge on any atom is 0.256 e. The number of amides is 1. The molecule has 0 aliphatic carbocycles. The van der Waals surface area contributed by atoms with Crippen molar-refractivity contribution in [3.05, 3.63) is 84.1 Å². The SMILES string of the molecule is O=C(NC1=NC=CC1)c1ccc2nc(CC(=O)c3cc4ccccc4cn3)[nH]c2c1. The van der Waals surface area contributed by atoms with Crippen molar-refractivity contribution in [2.45, 2.75) is 12.8 Å². The van der Waals surface area contributed by atoms with Crippen LogP contribution in [0, 0.1) is 0 Å². The number of Topliss-reactive ketones (excluding diaryl/α,β-unsaturated/α-hetero) is 1. The number of aromatic nitrogens is 3. The molecule has 146 valence electrons. The molecule has 0 saturated heterocycles. The summed E-state index contributed by atoms with van der Waals surface area (Å²) in [4.78, 5) is 41.1. The van der Waals surface area contributed by atoms with Crippen molar-refractivity contribution in [3.8, 4) is 0 Å². The molecule has 0 radical (unpaired) electrons. The molecule has 7 nitrogen and oxygen atoms in total. The number of fused-ring (bicyclic) bond motifs is 2. The number of benzene rings is 2. The molecule has 3 heterocycles. The number of carbonyl (C=O) groups is 2. The Balaban J connectivity index is 1.35. The summed E-state index contributed by atoms with van der Waals surface area (Å²) in [6.07, 6.45) is 5.97. The maximum atomic E-state index is 12.7. The Hall–Kier alpha value is -4.13. The van der Waals surface area contributed by atoms with Crippen LogP contribution in [0.1, 0.15) is 33.1 Å². The fraction of sp³-hybridized carbons (Fsp3) is 0.0870. The zero-order valence-electron chi connectivity index (χ0n) is 15.9. The van der Waals surface area contributed by atoms with Crippen LogP contribution in [-0.2, 0) is 6.42 Å². The number of hydrogen-bond donors (Lipinski definition) is 2. The van der Waals surface area contributed by atoms with Crippen LogP contribution in [0.15, 0.2) is 72.0 Å². The second-order valence-electron chi connectivity index (χ2n) is 7.05. The monoisotopic (exact) mass is 395 g/mol. The van der Waals surface area contributed by atoms with E-state index in [-0.39, 0.29) is 18.1 Å². The smallest absolute Gasteiger partial charge is 0.256 e. The summed E-state index contributed by atoms with van der Waals surface area (Å²) in [7, 11) is 0. The average molecular weight is 395 g/mol. The van der Waals surface area contributed by atoms with E-state index in [1.807, 2.05) is 30.3 Å². The van der Waals surface area contributed by atoms with E-state index in [1.165, 1.54) is 0 Å². The minimum Gasteiger partial charge on any atom is -0.342 e. The van der Waals surface area contributed by atoms with Crippen molar-refractivity contribution in [2.24, 2.45) is 4.99 Å². The molecule has 5 rings (SSSR count). The molecule has 2 aromatic heterocycles. The molecule has 0 fully saturated rings. The summed E-state index contributed by atoms with van der Waals surface area (Å²) in [5.74, 6) is 0.808. The van der Waals surface area contributed by atoms with Crippen LogP contribution in [0.25, 0.3) is 21.8 Å². The zero-order valence-corrected chi connectivity index (χ0v) is 15.9. The summed E-state index contributed by atoms with van der Waals surface area (Å²) >= 11 is 0. The largest absolute Gasteiger partial charge is 0.342 e. The Labute approximate surface area is 171 Å². The number of H-pyrrole nitrogens is 1. The molecule has 4 aromatic rings. The molecule has 0 saturated carbocycles. The minimum absolute atomic E-state index is 0.101. The van der Waals surface area contributed by atoms with E-state index < -0.39 is 0 Å². The van der Waals surface area contributed by atoms with Crippen molar-refractivity contribution in [1.82, 2.24) is 20.3 Å². The van der Waals surface area contributed by atoms with Gasteiger partial charge in [0.05, 0.1) is 17.5 Å². The van der Waals surface area contributed by atoms with E-state index in [0.717, 1.165) is 10.8 Å².